The highest BCUT2D eigenvalue weighted by Gasteiger charge is 2.84. The molecule has 5 nitrogen and oxygen atoms in total. The van der Waals surface area contributed by atoms with Crippen LogP contribution in [-0.4, -0.2) is 51.1 Å². The van der Waals surface area contributed by atoms with Gasteiger partial charge in [0, 0.05) is 17.4 Å². The molecular formula is C15H19ClO5. The summed E-state index contributed by atoms with van der Waals surface area (Å²) >= 11 is 6.38. The number of rotatable bonds is 1. The highest BCUT2D eigenvalue weighted by atomic mass is 35.5. The zero-order valence-electron chi connectivity index (χ0n) is 12.0. The number of aliphatic hydroxyl groups is 2. The second-order valence-electron chi connectivity index (χ2n) is 7.08. The Morgan fingerprint density at radius 2 is 2.19 bits per heavy atom. The molecule has 2 aliphatic heterocycles. The summed E-state index contributed by atoms with van der Waals surface area (Å²) in [6.45, 7) is 7.20. The fraction of sp³-hybridized carbons (Fsp3) is 0.800. The van der Waals surface area contributed by atoms with Crippen LogP contribution in [0.5, 0.6) is 0 Å². The van der Waals surface area contributed by atoms with Gasteiger partial charge in [-0.15, -0.1) is 11.6 Å². The highest BCUT2D eigenvalue weighted by molar-refractivity contribution is 6.22. The lowest BCUT2D eigenvalue weighted by Gasteiger charge is -2.46. The molecule has 0 amide bonds. The van der Waals surface area contributed by atoms with Crippen molar-refractivity contribution in [3.63, 3.8) is 0 Å². The first-order valence-corrected chi connectivity index (χ1v) is 7.78. The smallest absolute Gasteiger partial charge is 0.334 e. The summed E-state index contributed by atoms with van der Waals surface area (Å²) in [7, 11) is 0. The molecule has 2 heterocycles. The number of aliphatic hydroxyl groups excluding tert-OH is 1. The van der Waals surface area contributed by atoms with E-state index in [-0.39, 0.29) is 17.9 Å². The monoisotopic (exact) mass is 314 g/mol. The molecule has 1 spiro atoms. The van der Waals surface area contributed by atoms with E-state index in [4.69, 9.17) is 21.1 Å². The zero-order chi connectivity index (χ0) is 15.3. The SMILES string of the molecule is C=C1C(=O)O[C@@H]2[C@@H]3[C@@](C)(O)[C@H](Cl)[C@H]4O[C@]43[C@H]([C@H](C)O)C[C@@H]12. The van der Waals surface area contributed by atoms with E-state index >= 15 is 0 Å². The standard InChI is InChI=1S/C15H19ClO5/c1-5-7-4-8(6(2)17)15-10(9(7)20-13(5)18)14(3,19)11(16)12(15)21-15/h6-12,17,19H,1,4H2,2-3H3/t6-,7-,8-,9-,10+,11+,12+,14+,15-/m0/s1. The van der Waals surface area contributed by atoms with Crippen molar-refractivity contribution >= 4 is 17.6 Å². The van der Waals surface area contributed by atoms with Crippen molar-refractivity contribution in [1.29, 1.82) is 0 Å². The normalized spacial score (nSPS) is 59.1. The van der Waals surface area contributed by atoms with Gasteiger partial charge >= 0.3 is 5.97 Å². The third-order valence-electron chi connectivity index (χ3n) is 6.01. The number of ether oxygens (including phenoxy) is 2. The van der Waals surface area contributed by atoms with Gasteiger partial charge in [-0.2, -0.15) is 0 Å². The molecule has 0 aromatic carbocycles. The van der Waals surface area contributed by atoms with Crippen LogP contribution in [0.4, 0.5) is 0 Å². The second-order valence-corrected chi connectivity index (χ2v) is 7.55. The molecule has 4 aliphatic rings. The Morgan fingerprint density at radius 3 is 2.81 bits per heavy atom. The number of halogens is 1. The second kappa shape index (κ2) is 3.82. The van der Waals surface area contributed by atoms with E-state index in [1.54, 1.807) is 13.8 Å². The Labute approximate surface area is 127 Å². The first-order chi connectivity index (χ1) is 9.72. The summed E-state index contributed by atoms with van der Waals surface area (Å²) in [6.07, 6.45) is -0.810. The number of alkyl halides is 1. The van der Waals surface area contributed by atoms with Gasteiger partial charge in [0.15, 0.2) is 0 Å². The van der Waals surface area contributed by atoms with Crippen LogP contribution >= 0.6 is 11.6 Å². The number of carbonyl (C=O) groups is 1. The van der Waals surface area contributed by atoms with Crippen molar-refractivity contribution in [2.75, 3.05) is 0 Å². The lowest BCUT2D eigenvalue weighted by molar-refractivity contribution is -0.164. The van der Waals surface area contributed by atoms with E-state index in [2.05, 4.69) is 6.58 Å². The predicted octanol–water partition coefficient (Wildman–Crippen LogP) is 0.611. The highest BCUT2D eigenvalue weighted by Crippen LogP contribution is 2.70. The Kier molecular flexibility index (Phi) is 2.55. The van der Waals surface area contributed by atoms with Crippen LogP contribution in [0, 0.1) is 17.8 Å². The number of esters is 1. The molecule has 116 valence electrons. The maximum absolute atomic E-state index is 11.9. The number of epoxide rings is 1. The van der Waals surface area contributed by atoms with E-state index < -0.39 is 40.7 Å². The molecule has 9 atom stereocenters. The fourth-order valence-corrected chi connectivity index (χ4v) is 5.40. The Morgan fingerprint density at radius 1 is 1.52 bits per heavy atom. The molecule has 0 bridgehead atoms. The summed E-state index contributed by atoms with van der Waals surface area (Å²) in [5.41, 5.74) is -1.46. The molecule has 2 N–H and O–H groups in total. The summed E-state index contributed by atoms with van der Waals surface area (Å²) in [5, 5.41) is 20.5. The van der Waals surface area contributed by atoms with E-state index in [0.717, 1.165) is 0 Å². The molecular weight excluding hydrogens is 296 g/mol. The number of hydrogen-bond donors (Lipinski definition) is 2. The van der Waals surface area contributed by atoms with Crippen molar-refractivity contribution in [2.45, 2.75) is 55.2 Å². The molecule has 0 aromatic heterocycles. The van der Waals surface area contributed by atoms with Crippen LogP contribution in [0.3, 0.4) is 0 Å². The quantitative estimate of drug-likeness (QED) is 0.321. The summed E-state index contributed by atoms with van der Waals surface area (Å²) < 4.78 is 11.3. The molecule has 6 heteroatoms. The minimum atomic E-state index is -1.20. The third-order valence-corrected chi connectivity index (χ3v) is 6.68. The van der Waals surface area contributed by atoms with Gasteiger partial charge in [-0.05, 0) is 20.3 Å². The average Bonchev–Trinajstić information content (AvgIpc) is 2.98. The van der Waals surface area contributed by atoms with Gasteiger partial charge in [0.05, 0.1) is 23.0 Å². The van der Waals surface area contributed by atoms with Crippen LogP contribution < -0.4 is 0 Å². The van der Waals surface area contributed by atoms with Crippen LogP contribution in [0.2, 0.25) is 0 Å². The number of carbonyl (C=O) groups excluding carboxylic acids is 1. The lowest BCUT2D eigenvalue weighted by Crippen LogP contribution is -2.58. The van der Waals surface area contributed by atoms with Crippen LogP contribution in [0.1, 0.15) is 20.3 Å². The molecule has 2 saturated heterocycles. The topological polar surface area (TPSA) is 79.3 Å². The van der Waals surface area contributed by atoms with E-state index in [9.17, 15) is 15.0 Å². The predicted molar refractivity (Wildman–Crippen MR) is 73.7 cm³/mol. The van der Waals surface area contributed by atoms with Gasteiger partial charge in [-0.25, -0.2) is 4.79 Å². The van der Waals surface area contributed by atoms with Crippen molar-refractivity contribution in [3.8, 4) is 0 Å². The molecule has 2 saturated carbocycles. The van der Waals surface area contributed by atoms with Gasteiger partial charge in [0.1, 0.15) is 17.8 Å². The molecule has 0 aromatic rings. The number of fused-ring (bicyclic) bond motifs is 2. The summed E-state index contributed by atoms with van der Waals surface area (Å²) in [4.78, 5) is 11.9. The Balaban J connectivity index is 1.83. The summed E-state index contributed by atoms with van der Waals surface area (Å²) in [6, 6.07) is 0. The average molecular weight is 315 g/mol. The third kappa shape index (κ3) is 1.41. The first kappa shape index (κ1) is 14.0. The first-order valence-electron chi connectivity index (χ1n) is 7.35. The van der Waals surface area contributed by atoms with Gasteiger partial charge in [-0.1, -0.05) is 6.58 Å². The molecule has 4 rings (SSSR count). The van der Waals surface area contributed by atoms with Gasteiger partial charge < -0.3 is 19.7 Å². The van der Waals surface area contributed by atoms with Crippen molar-refractivity contribution in [2.24, 2.45) is 17.8 Å². The molecule has 4 fully saturated rings. The minimum Gasteiger partial charge on any atom is -0.458 e. The van der Waals surface area contributed by atoms with E-state index in [0.29, 0.717) is 12.0 Å². The van der Waals surface area contributed by atoms with Crippen LogP contribution in [0.25, 0.3) is 0 Å². The van der Waals surface area contributed by atoms with E-state index in [1.807, 2.05) is 0 Å². The van der Waals surface area contributed by atoms with Crippen molar-refractivity contribution in [3.05, 3.63) is 12.2 Å². The lowest BCUT2D eigenvalue weighted by atomic mass is 9.62. The van der Waals surface area contributed by atoms with E-state index in [1.165, 1.54) is 0 Å². The van der Waals surface area contributed by atoms with Gasteiger partial charge in [0.25, 0.3) is 0 Å². The Bertz CT molecular complexity index is 544. The summed E-state index contributed by atoms with van der Waals surface area (Å²) in [5.74, 6) is -1.22. The fourth-order valence-electron chi connectivity index (χ4n) is 5.02. The van der Waals surface area contributed by atoms with Crippen LogP contribution in [0.15, 0.2) is 12.2 Å². The van der Waals surface area contributed by atoms with Crippen molar-refractivity contribution in [1.82, 2.24) is 0 Å². The molecule has 0 radical (unpaired) electrons. The van der Waals surface area contributed by atoms with Gasteiger partial charge in [0.2, 0.25) is 0 Å². The van der Waals surface area contributed by atoms with Gasteiger partial charge in [-0.3, -0.25) is 0 Å². The number of hydrogen-bond acceptors (Lipinski definition) is 5. The largest absolute Gasteiger partial charge is 0.458 e. The molecule has 0 unspecified atom stereocenters. The Hall–Kier alpha value is -0.620. The maximum atomic E-state index is 11.9. The maximum Gasteiger partial charge on any atom is 0.334 e. The van der Waals surface area contributed by atoms with Crippen LogP contribution in [-0.2, 0) is 14.3 Å². The zero-order valence-corrected chi connectivity index (χ0v) is 12.7. The minimum absolute atomic E-state index is 0.185. The molecule has 2 aliphatic carbocycles. The van der Waals surface area contributed by atoms with Crippen molar-refractivity contribution < 1.29 is 24.5 Å². The molecule has 21 heavy (non-hydrogen) atoms.